The molecule has 0 aliphatic heterocycles. The first-order valence-electron chi connectivity index (χ1n) is 5.70. The lowest BCUT2D eigenvalue weighted by Gasteiger charge is -2.14. The molecule has 2 N–H and O–H groups in total. The zero-order valence-corrected chi connectivity index (χ0v) is 12.3. The van der Waals surface area contributed by atoms with E-state index in [9.17, 15) is 9.90 Å². The summed E-state index contributed by atoms with van der Waals surface area (Å²) in [5.41, 5.74) is 2.64. The fraction of sp³-hybridized carbons (Fsp3) is 0.385. The molecule has 1 amide bonds. The molecular weight excluding hydrogens is 296 g/mol. The van der Waals surface area contributed by atoms with Crippen LogP contribution in [0.3, 0.4) is 0 Å². The molecule has 0 spiro atoms. The topological polar surface area (TPSA) is 61.7 Å². The van der Waals surface area contributed by atoms with Gasteiger partial charge in [-0.3, -0.25) is 4.79 Å². The van der Waals surface area contributed by atoms with Crippen molar-refractivity contribution >= 4 is 27.5 Å². The van der Waals surface area contributed by atoms with Gasteiger partial charge in [0.15, 0.2) is 0 Å². The van der Waals surface area contributed by atoms with Crippen molar-refractivity contribution in [2.75, 3.05) is 0 Å². The van der Waals surface area contributed by atoms with Crippen LogP contribution < -0.4 is 5.43 Å². The van der Waals surface area contributed by atoms with Crippen molar-refractivity contribution in [2.45, 2.75) is 32.8 Å². The van der Waals surface area contributed by atoms with Gasteiger partial charge < -0.3 is 5.11 Å². The Morgan fingerprint density at radius 3 is 2.67 bits per heavy atom. The molecule has 1 aromatic rings. The van der Waals surface area contributed by atoms with Crippen LogP contribution in [0, 0.1) is 0 Å². The number of nitrogens with zero attached hydrogens (tertiary/aromatic N) is 1. The Labute approximate surface area is 115 Å². The summed E-state index contributed by atoms with van der Waals surface area (Å²) in [6.07, 6.45) is 0.683. The number of hydrazone groups is 1. The number of nitrogens with one attached hydrogen (secondary N) is 1. The highest BCUT2D eigenvalue weighted by atomic mass is 79.9. The van der Waals surface area contributed by atoms with Crippen molar-refractivity contribution in [2.24, 2.45) is 5.10 Å². The standard InChI is InChI=1S/C13H17BrN2O2/c1-4-11(9-6-5-7-10(14)8-9)15-16-12(17)13(2,3)18/h5-8,18H,4H2,1-3H3,(H,16,17)/b15-11-. The van der Waals surface area contributed by atoms with Crippen molar-refractivity contribution in [3.8, 4) is 0 Å². The third kappa shape index (κ3) is 4.23. The maximum Gasteiger partial charge on any atom is 0.271 e. The predicted molar refractivity (Wildman–Crippen MR) is 75.4 cm³/mol. The van der Waals surface area contributed by atoms with Crippen molar-refractivity contribution in [3.63, 3.8) is 0 Å². The van der Waals surface area contributed by atoms with Crippen LogP contribution in [0.2, 0.25) is 0 Å². The van der Waals surface area contributed by atoms with Crippen molar-refractivity contribution < 1.29 is 9.90 Å². The van der Waals surface area contributed by atoms with Gasteiger partial charge in [0.25, 0.3) is 5.91 Å². The molecule has 0 radical (unpaired) electrons. The maximum atomic E-state index is 11.5. The summed E-state index contributed by atoms with van der Waals surface area (Å²) in [6.45, 7) is 4.79. The molecule has 5 heteroatoms. The van der Waals surface area contributed by atoms with Crippen molar-refractivity contribution in [3.05, 3.63) is 34.3 Å². The van der Waals surface area contributed by atoms with E-state index in [1.54, 1.807) is 0 Å². The normalized spacial score (nSPS) is 12.4. The van der Waals surface area contributed by atoms with Gasteiger partial charge in [0, 0.05) is 4.47 Å². The number of aliphatic hydroxyl groups is 1. The van der Waals surface area contributed by atoms with Crippen LogP contribution in [-0.4, -0.2) is 22.3 Å². The molecule has 98 valence electrons. The van der Waals surface area contributed by atoms with Gasteiger partial charge in [-0.15, -0.1) is 0 Å². The highest BCUT2D eigenvalue weighted by molar-refractivity contribution is 9.10. The van der Waals surface area contributed by atoms with E-state index in [0.717, 1.165) is 15.7 Å². The number of carbonyl (C=O) groups excluding carboxylic acids is 1. The van der Waals surface area contributed by atoms with Gasteiger partial charge in [0.1, 0.15) is 5.60 Å². The summed E-state index contributed by atoms with van der Waals surface area (Å²) < 4.78 is 0.954. The first kappa shape index (κ1) is 14.9. The van der Waals surface area contributed by atoms with Gasteiger partial charge in [-0.05, 0) is 38.0 Å². The molecule has 0 unspecified atom stereocenters. The fourth-order valence-electron chi connectivity index (χ4n) is 1.27. The molecule has 18 heavy (non-hydrogen) atoms. The second-order valence-corrected chi connectivity index (χ2v) is 5.34. The Balaban J connectivity index is 2.88. The Hall–Kier alpha value is -1.20. The van der Waals surface area contributed by atoms with Crippen LogP contribution in [-0.2, 0) is 4.79 Å². The molecule has 0 aromatic heterocycles. The average Bonchev–Trinajstić information content (AvgIpc) is 2.28. The Bertz CT molecular complexity index is 464. The first-order chi connectivity index (χ1) is 8.34. The Morgan fingerprint density at radius 1 is 1.50 bits per heavy atom. The Kier molecular flexibility index (Phi) is 5.04. The van der Waals surface area contributed by atoms with Crippen molar-refractivity contribution in [1.82, 2.24) is 5.43 Å². The molecule has 0 saturated heterocycles. The molecule has 0 saturated carbocycles. The second kappa shape index (κ2) is 6.11. The number of benzene rings is 1. The number of hydrogen-bond donors (Lipinski definition) is 2. The molecule has 0 heterocycles. The van der Waals surface area contributed by atoms with Gasteiger partial charge in [-0.1, -0.05) is 35.0 Å². The van der Waals surface area contributed by atoms with Gasteiger partial charge in [-0.25, -0.2) is 5.43 Å². The van der Waals surface area contributed by atoms with Crippen LogP contribution >= 0.6 is 15.9 Å². The van der Waals surface area contributed by atoms with E-state index in [0.29, 0.717) is 6.42 Å². The average molecular weight is 313 g/mol. The Morgan fingerprint density at radius 2 is 2.17 bits per heavy atom. The van der Waals surface area contributed by atoms with E-state index < -0.39 is 11.5 Å². The number of hydrogen-bond acceptors (Lipinski definition) is 3. The SMILES string of the molecule is CC/C(=N/NC(=O)C(C)(C)O)c1cccc(Br)c1. The van der Waals surface area contributed by atoms with Crippen molar-refractivity contribution in [1.29, 1.82) is 0 Å². The molecule has 0 fully saturated rings. The molecule has 1 rings (SSSR count). The van der Waals surface area contributed by atoms with E-state index >= 15 is 0 Å². The van der Waals surface area contributed by atoms with E-state index in [1.807, 2.05) is 31.2 Å². The molecule has 0 atom stereocenters. The van der Waals surface area contributed by atoms with Crippen LogP contribution in [0.4, 0.5) is 0 Å². The van der Waals surface area contributed by atoms with Gasteiger partial charge in [0.2, 0.25) is 0 Å². The lowest BCUT2D eigenvalue weighted by molar-refractivity contribution is -0.136. The third-order valence-electron chi connectivity index (χ3n) is 2.34. The minimum Gasteiger partial charge on any atom is -0.381 e. The van der Waals surface area contributed by atoms with E-state index in [-0.39, 0.29) is 0 Å². The summed E-state index contributed by atoms with van der Waals surface area (Å²) in [7, 11) is 0. The minimum atomic E-state index is -1.43. The molecule has 0 aliphatic carbocycles. The molecule has 0 bridgehead atoms. The summed E-state index contributed by atoms with van der Waals surface area (Å²) in [5, 5.41) is 13.6. The highest BCUT2D eigenvalue weighted by Crippen LogP contribution is 2.13. The van der Waals surface area contributed by atoms with Gasteiger partial charge in [-0.2, -0.15) is 5.10 Å². The summed E-state index contributed by atoms with van der Waals surface area (Å²) >= 11 is 3.39. The monoisotopic (exact) mass is 312 g/mol. The van der Waals surface area contributed by atoms with E-state index in [4.69, 9.17) is 0 Å². The maximum absolute atomic E-state index is 11.5. The number of carbonyl (C=O) groups is 1. The number of rotatable bonds is 4. The van der Waals surface area contributed by atoms with Gasteiger partial charge in [0.05, 0.1) is 5.71 Å². The smallest absolute Gasteiger partial charge is 0.271 e. The summed E-state index contributed by atoms with van der Waals surface area (Å²) in [4.78, 5) is 11.5. The first-order valence-corrected chi connectivity index (χ1v) is 6.49. The lowest BCUT2D eigenvalue weighted by Crippen LogP contribution is -2.40. The molecule has 1 aromatic carbocycles. The predicted octanol–water partition coefficient (Wildman–Crippen LogP) is 2.45. The zero-order valence-electron chi connectivity index (χ0n) is 10.7. The minimum absolute atomic E-state index is 0.525. The molecular formula is C13H17BrN2O2. The lowest BCUT2D eigenvalue weighted by atomic mass is 10.1. The highest BCUT2D eigenvalue weighted by Gasteiger charge is 2.23. The summed E-state index contributed by atoms with van der Waals surface area (Å²) in [5.74, 6) is -0.525. The zero-order chi connectivity index (χ0) is 13.8. The van der Waals surface area contributed by atoms with E-state index in [1.165, 1.54) is 13.8 Å². The molecule has 4 nitrogen and oxygen atoms in total. The largest absolute Gasteiger partial charge is 0.381 e. The van der Waals surface area contributed by atoms with Crippen LogP contribution in [0.1, 0.15) is 32.8 Å². The summed E-state index contributed by atoms with van der Waals surface area (Å²) in [6, 6.07) is 7.68. The third-order valence-corrected chi connectivity index (χ3v) is 2.83. The van der Waals surface area contributed by atoms with Crippen LogP contribution in [0.15, 0.2) is 33.8 Å². The van der Waals surface area contributed by atoms with Gasteiger partial charge >= 0.3 is 0 Å². The number of amides is 1. The van der Waals surface area contributed by atoms with Crippen LogP contribution in [0.25, 0.3) is 0 Å². The quantitative estimate of drug-likeness (QED) is 0.662. The number of halogens is 1. The fourth-order valence-corrected chi connectivity index (χ4v) is 1.67. The van der Waals surface area contributed by atoms with E-state index in [2.05, 4.69) is 26.5 Å². The van der Waals surface area contributed by atoms with Crippen LogP contribution in [0.5, 0.6) is 0 Å². The molecule has 0 aliphatic rings. The second-order valence-electron chi connectivity index (χ2n) is 4.42.